The molecule has 0 aromatic carbocycles. The number of hydrogen-bond donors (Lipinski definition) is 3. The zero-order valence-corrected chi connectivity index (χ0v) is 7.84. The zero-order chi connectivity index (χ0) is 9.78. The summed E-state index contributed by atoms with van der Waals surface area (Å²) in [6.45, 7) is 1.80. The van der Waals surface area contributed by atoms with E-state index in [1.54, 1.807) is 6.92 Å². The number of carboxylic acids is 1. The van der Waals surface area contributed by atoms with Crippen LogP contribution in [0, 0.1) is 0 Å². The number of nitrogens with two attached hydrogens (primary N) is 2. The first kappa shape index (κ1) is 11.7. The van der Waals surface area contributed by atoms with Crippen LogP contribution < -0.4 is 11.5 Å². The van der Waals surface area contributed by atoms with Crippen molar-refractivity contribution < 1.29 is 9.90 Å². The Kier molecular flexibility index (Phi) is 4.52. The van der Waals surface area contributed by atoms with Gasteiger partial charge < -0.3 is 16.6 Å². The Hall–Kier alpha value is -0.320. The van der Waals surface area contributed by atoms with Crippen LogP contribution in [0.2, 0.25) is 0 Å². The quantitative estimate of drug-likeness (QED) is 0.543. The number of aliphatic carboxylic acids is 1. The van der Waals surface area contributed by atoms with Gasteiger partial charge in [-0.1, -0.05) is 0 Å². The van der Waals surface area contributed by atoms with E-state index < -0.39 is 11.5 Å². The minimum absolute atomic E-state index is 0.0458. The average Bonchev–Trinajstić information content (AvgIpc) is 1.99. The maximum absolute atomic E-state index is 10.6. The molecule has 0 aliphatic heterocycles. The van der Waals surface area contributed by atoms with E-state index in [0.29, 0.717) is 12.8 Å². The van der Waals surface area contributed by atoms with Gasteiger partial charge in [0.2, 0.25) is 0 Å². The summed E-state index contributed by atoms with van der Waals surface area (Å²) in [6, 6.07) is -0.0458. The van der Waals surface area contributed by atoms with Crippen molar-refractivity contribution in [2.24, 2.45) is 11.5 Å². The molecule has 0 aliphatic carbocycles. The molecule has 0 spiro atoms. The number of alkyl halides is 1. The standard InChI is InChI=1S/C7H15ClN2O2/c1-5(9)2-3-7(10,4-8)6(11)12/h5H,2-4,9-10H2,1H3,(H,11,12). The maximum atomic E-state index is 10.6. The fourth-order valence-electron chi connectivity index (χ4n) is 0.716. The molecule has 2 unspecified atom stereocenters. The molecule has 4 nitrogen and oxygen atoms in total. The molecular weight excluding hydrogens is 180 g/mol. The molecule has 5 N–H and O–H groups in total. The predicted octanol–water partition coefficient (Wildman–Crippen LogP) is 0.135. The van der Waals surface area contributed by atoms with Gasteiger partial charge in [-0.2, -0.15) is 0 Å². The van der Waals surface area contributed by atoms with E-state index >= 15 is 0 Å². The van der Waals surface area contributed by atoms with Crippen molar-refractivity contribution in [3.8, 4) is 0 Å². The van der Waals surface area contributed by atoms with Crippen LogP contribution in [0.3, 0.4) is 0 Å². The molecule has 0 saturated heterocycles. The summed E-state index contributed by atoms with van der Waals surface area (Å²) in [6.07, 6.45) is 0.874. The molecule has 0 saturated carbocycles. The summed E-state index contributed by atoms with van der Waals surface area (Å²) in [4.78, 5) is 10.6. The lowest BCUT2D eigenvalue weighted by atomic mass is 9.95. The molecule has 12 heavy (non-hydrogen) atoms. The molecule has 0 fully saturated rings. The SMILES string of the molecule is CC(N)CCC(N)(CCl)C(=O)O. The van der Waals surface area contributed by atoms with Gasteiger partial charge in [0.15, 0.2) is 0 Å². The highest BCUT2D eigenvalue weighted by atomic mass is 35.5. The average molecular weight is 195 g/mol. The topological polar surface area (TPSA) is 89.3 Å². The predicted molar refractivity (Wildman–Crippen MR) is 48.2 cm³/mol. The van der Waals surface area contributed by atoms with Gasteiger partial charge in [-0.15, -0.1) is 11.6 Å². The lowest BCUT2D eigenvalue weighted by Gasteiger charge is -2.22. The second kappa shape index (κ2) is 4.64. The largest absolute Gasteiger partial charge is 0.480 e. The van der Waals surface area contributed by atoms with Crippen LogP contribution in [0.5, 0.6) is 0 Å². The molecule has 5 heteroatoms. The fourth-order valence-corrected chi connectivity index (χ4v) is 0.964. The van der Waals surface area contributed by atoms with Gasteiger partial charge >= 0.3 is 5.97 Å². The van der Waals surface area contributed by atoms with Gasteiger partial charge in [0, 0.05) is 6.04 Å². The Morgan fingerprint density at radius 2 is 2.25 bits per heavy atom. The number of rotatable bonds is 5. The summed E-state index contributed by atoms with van der Waals surface area (Å²) >= 11 is 5.44. The van der Waals surface area contributed by atoms with Crippen LogP contribution in [-0.4, -0.2) is 28.5 Å². The Labute approximate surface area is 76.9 Å². The molecule has 0 aromatic heterocycles. The number of hydrogen-bond acceptors (Lipinski definition) is 3. The van der Waals surface area contributed by atoms with Crippen molar-refractivity contribution in [3.05, 3.63) is 0 Å². The second-order valence-corrected chi connectivity index (χ2v) is 3.38. The van der Waals surface area contributed by atoms with Gasteiger partial charge in [-0.25, -0.2) is 0 Å². The Balaban J connectivity index is 4.06. The maximum Gasteiger partial charge on any atom is 0.324 e. The molecule has 0 amide bonds. The van der Waals surface area contributed by atoms with Gasteiger partial charge in [0.1, 0.15) is 5.54 Å². The third-order valence-electron chi connectivity index (χ3n) is 1.71. The van der Waals surface area contributed by atoms with Crippen molar-refractivity contribution >= 4 is 17.6 Å². The summed E-state index contributed by atoms with van der Waals surface area (Å²) in [5.74, 6) is -1.16. The number of halogens is 1. The van der Waals surface area contributed by atoms with Crippen LogP contribution in [0.1, 0.15) is 19.8 Å². The summed E-state index contributed by atoms with van der Waals surface area (Å²) in [5.41, 5.74) is 9.64. The van der Waals surface area contributed by atoms with Crippen molar-refractivity contribution in [1.82, 2.24) is 0 Å². The molecule has 0 aliphatic rings. The van der Waals surface area contributed by atoms with Crippen molar-refractivity contribution in [2.45, 2.75) is 31.3 Å². The normalized spacial score (nSPS) is 18.3. The monoisotopic (exact) mass is 194 g/mol. The van der Waals surface area contributed by atoms with E-state index in [1.807, 2.05) is 0 Å². The lowest BCUT2D eigenvalue weighted by Crippen LogP contribution is -2.50. The first-order valence-corrected chi connectivity index (χ1v) is 4.29. The van der Waals surface area contributed by atoms with Crippen LogP contribution in [0.15, 0.2) is 0 Å². The molecule has 72 valence electrons. The van der Waals surface area contributed by atoms with E-state index in [9.17, 15) is 4.79 Å². The van der Waals surface area contributed by atoms with Gasteiger partial charge in [0.05, 0.1) is 5.88 Å². The van der Waals surface area contributed by atoms with Crippen molar-refractivity contribution in [2.75, 3.05) is 5.88 Å². The van der Waals surface area contributed by atoms with Crippen LogP contribution in [0.25, 0.3) is 0 Å². The third kappa shape index (κ3) is 3.38. The van der Waals surface area contributed by atoms with E-state index in [0.717, 1.165) is 0 Å². The Bertz CT molecular complexity index is 163. The molecule has 0 rings (SSSR count). The number of carboxylic acid groups (broad SMARTS) is 1. The zero-order valence-electron chi connectivity index (χ0n) is 7.09. The lowest BCUT2D eigenvalue weighted by molar-refractivity contribution is -0.142. The van der Waals surface area contributed by atoms with Crippen LogP contribution in [-0.2, 0) is 4.79 Å². The molecule has 0 bridgehead atoms. The summed E-state index contributed by atoms with van der Waals surface area (Å²) in [5, 5.41) is 8.70. The van der Waals surface area contributed by atoms with E-state index in [4.69, 9.17) is 28.2 Å². The molecule has 0 heterocycles. The minimum atomic E-state index is -1.32. The first-order valence-electron chi connectivity index (χ1n) is 3.76. The first-order chi connectivity index (χ1) is 5.42. The highest BCUT2D eigenvalue weighted by Crippen LogP contribution is 2.13. The molecule has 2 atom stereocenters. The van der Waals surface area contributed by atoms with E-state index in [-0.39, 0.29) is 11.9 Å². The van der Waals surface area contributed by atoms with E-state index in [2.05, 4.69) is 0 Å². The second-order valence-electron chi connectivity index (χ2n) is 3.11. The fraction of sp³-hybridized carbons (Fsp3) is 0.857. The summed E-state index contributed by atoms with van der Waals surface area (Å²) < 4.78 is 0. The van der Waals surface area contributed by atoms with Gasteiger partial charge in [0.25, 0.3) is 0 Å². The van der Waals surface area contributed by atoms with Crippen LogP contribution in [0.4, 0.5) is 0 Å². The third-order valence-corrected chi connectivity index (χ3v) is 2.19. The minimum Gasteiger partial charge on any atom is -0.480 e. The summed E-state index contributed by atoms with van der Waals surface area (Å²) in [7, 11) is 0. The van der Waals surface area contributed by atoms with E-state index in [1.165, 1.54) is 0 Å². The highest BCUT2D eigenvalue weighted by Gasteiger charge is 2.32. The highest BCUT2D eigenvalue weighted by molar-refractivity contribution is 6.20. The van der Waals surface area contributed by atoms with Crippen LogP contribution >= 0.6 is 11.6 Å². The Morgan fingerprint density at radius 1 is 1.75 bits per heavy atom. The molecule has 0 radical (unpaired) electrons. The number of carbonyl (C=O) groups is 1. The van der Waals surface area contributed by atoms with Crippen molar-refractivity contribution in [1.29, 1.82) is 0 Å². The van der Waals surface area contributed by atoms with Gasteiger partial charge in [-0.3, -0.25) is 4.79 Å². The molecular formula is C7H15ClN2O2. The molecule has 0 aromatic rings. The Morgan fingerprint density at radius 3 is 2.50 bits per heavy atom. The van der Waals surface area contributed by atoms with Crippen molar-refractivity contribution in [3.63, 3.8) is 0 Å². The smallest absolute Gasteiger partial charge is 0.324 e. The van der Waals surface area contributed by atoms with Gasteiger partial charge in [-0.05, 0) is 19.8 Å².